The van der Waals surface area contributed by atoms with Crippen LogP contribution >= 0.6 is 0 Å². The van der Waals surface area contributed by atoms with Crippen molar-refractivity contribution in [3.63, 3.8) is 0 Å². The minimum Gasteiger partial charge on any atom is -0.384 e. The van der Waals surface area contributed by atoms with Crippen molar-refractivity contribution in [2.24, 2.45) is 0 Å². The van der Waals surface area contributed by atoms with Crippen molar-refractivity contribution in [3.8, 4) is 0 Å². The number of nitrogens with one attached hydrogen (secondary N) is 2. The van der Waals surface area contributed by atoms with Crippen molar-refractivity contribution in [2.75, 3.05) is 11.9 Å². The van der Waals surface area contributed by atoms with E-state index in [-0.39, 0.29) is 0 Å². The highest BCUT2D eigenvalue weighted by Crippen LogP contribution is 2.28. The summed E-state index contributed by atoms with van der Waals surface area (Å²) >= 11 is 0. The molecule has 0 aromatic heterocycles. The lowest BCUT2D eigenvalue weighted by Gasteiger charge is -2.20. The summed E-state index contributed by atoms with van der Waals surface area (Å²) in [5.41, 5.74) is 3.88. The second kappa shape index (κ2) is 6.94. The van der Waals surface area contributed by atoms with Gasteiger partial charge in [-0.2, -0.15) is 4.72 Å². The Balaban J connectivity index is 1.71. The molecule has 132 valence electrons. The van der Waals surface area contributed by atoms with Crippen molar-refractivity contribution < 1.29 is 8.42 Å². The lowest BCUT2D eigenvalue weighted by Crippen LogP contribution is -2.29. The molecule has 0 saturated carbocycles. The Morgan fingerprint density at radius 2 is 1.46 bits per heavy atom. The van der Waals surface area contributed by atoms with E-state index in [0.717, 1.165) is 35.3 Å². The van der Waals surface area contributed by atoms with Crippen LogP contribution in [0.25, 0.3) is 0 Å². The van der Waals surface area contributed by atoms with E-state index >= 15 is 0 Å². The summed E-state index contributed by atoms with van der Waals surface area (Å²) in [6, 6.07) is 24.1. The molecule has 4 nitrogen and oxygen atoms in total. The lowest BCUT2D eigenvalue weighted by molar-refractivity contribution is 0.572. The predicted octanol–water partition coefficient (Wildman–Crippen LogP) is 3.72. The summed E-state index contributed by atoms with van der Waals surface area (Å²) in [5, 5.41) is 3.26. The zero-order valence-electron chi connectivity index (χ0n) is 14.2. The van der Waals surface area contributed by atoms with Crippen LogP contribution in [0.2, 0.25) is 0 Å². The fraction of sp³-hybridized carbons (Fsp3) is 0.143. The number of hydrogen-bond donors (Lipinski definition) is 2. The third-order valence-corrected chi connectivity index (χ3v) is 6.06. The van der Waals surface area contributed by atoms with Gasteiger partial charge in [-0.1, -0.05) is 60.7 Å². The molecule has 4 rings (SSSR count). The second-order valence-corrected chi connectivity index (χ2v) is 8.09. The van der Waals surface area contributed by atoms with E-state index in [2.05, 4.69) is 10.0 Å². The summed E-state index contributed by atoms with van der Waals surface area (Å²) in [7, 11) is -3.66. The molecule has 0 aliphatic carbocycles. The number of hydrogen-bond acceptors (Lipinski definition) is 3. The van der Waals surface area contributed by atoms with E-state index in [1.165, 1.54) is 0 Å². The Labute approximate surface area is 153 Å². The van der Waals surface area contributed by atoms with E-state index in [1.807, 2.05) is 66.7 Å². The van der Waals surface area contributed by atoms with Crippen LogP contribution < -0.4 is 10.0 Å². The molecular weight excluding hydrogens is 344 g/mol. The smallest absolute Gasteiger partial charge is 0.241 e. The zero-order valence-corrected chi connectivity index (χ0v) is 15.0. The van der Waals surface area contributed by atoms with Gasteiger partial charge in [-0.25, -0.2) is 8.42 Å². The van der Waals surface area contributed by atoms with Crippen LogP contribution in [-0.2, 0) is 16.4 Å². The first-order valence-corrected chi connectivity index (χ1v) is 10.1. The first kappa shape index (κ1) is 16.8. The second-order valence-electron chi connectivity index (χ2n) is 6.37. The molecule has 0 amide bonds. The van der Waals surface area contributed by atoms with Gasteiger partial charge in [0.25, 0.3) is 0 Å². The van der Waals surface area contributed by atoms with Crippen LogP contribution in [0.4, 0.5) is 5.69 Å². The van der Waals surface area contributed by atoms with Gasteiger partial charge in [0.1, 0.15) is 0 Å². The van der Waals surface area contributed by atoms with Crippen molar-refractivity contribution in [1.82, 2.24) is 4.72 Å². The van der Waals surface area contributed by atoms with Crippen LogP contribution in [0, 0.1) is 0 Å². The topological polar surface area (TPSA) is 58.2 Å². The lowest BCUT2D eigenvalue weighted by atomic mass is 10.00. The van der Waals surface area contributed by atoms with Crippen LogP contribution in [0.15, 0.2) is 83.8 Å². The number of rotatable bonds is 5. The Hall–Kier alpha value is -2.63. The zero-order chi connectivity index (χ0) is 18.0. The quantitative estimate of drug-likeness (QED) is 0.725. The largest absolute Gasteiger partial charge is 0.384 e. The van der Waals surface area contributed by atoms with Gasteiger partial charge in [0, 0.05) is 12.2 Å². The van der Waals surface area contributed by atoms with Crippen molar-refractivity contribution in [1.29, 1.82) is 0 Å². The molecule has 26 heavy (non-hydrogen) atoms. The van der Waals surface area contributed by atoms with E-state index in [0.29, 0.717) is 4.90 Å². The molecule has 1 heterocycles. The van der Waals surface area contributed by atoms with Gasteiger partial charge in [0.15, 0.2) is 0 Å². The van der Waals surface area contributed by atoms with E-state index in [1.54, 1.807) is 12.1 Å². The SMILES string of the molecule is O=S(=O)(NC(c1ccccc1)c1ccccc1)c1ccc2c(c1)CCN2. The van der Waals surface area contributed by atoms with Gasteiger partial charge in [-0.3, -0.25) is 0 Å². The van der Waals surface area contributed by atoms with E-state index in [4.69, 9.17) is 0 Å². The predicted molar refractivity (Wildman–Crippen MR) is 104 cm³/mol. The highest BCUT2D eigenvalue weighted by molar-refractivity contribution is 7.89. The average molecular weight is 364 g/mol. The third kappa shape index (κ3) is 3.36. The summed E-state index contributed by atoms with van der Waals surface area (Å²) in [6.45, 7) is 0.850. The van der Waals surface area contributed by atoms with Crippen molar-refractivity contribution in [2.45, 2.75) is 17.4 Å². The number of benzene rings is 3. The summed E-state index contributed by atoms with van der Waals surface area (Å²) in [4.78, 5) is 0.303. The van der Waals surface area contributed by atoms with Crippen LogP contribution in [0.1, 0.15) is 22.7 Å². The van der Waals surface area contributed by atoms with Gasteiger partial charge < -0.3 is 5.32 Å². The summed E-state index contributed by atoms with van der Waals surface area (Å²) in [6.07, 6.45) is 0.847. The standard InChI is InChI=1S/C21H20N2O2S/c24-26(25,19-11-12-20-18(15-19)13-14-22-20)23-21(16-7-3-1-4-8-16)17-9-5-2-6-10-17/h1-12,15,21-23H,13-14H2. The molecule has 0 unspecified atom stereocenters. The Bertz CT molecular complexity index is 963. The molecule has 0 radical (unpaired) electrons. The van der Waals surface area contributed by atoms with Gasteiger partial charge in [-0.15, -0.1) is 0 Å². The molecule has 1 aliphatic heterocycles. The Morgan fingerprint density at radius 1 is 0.846 bits per heavy atom. The maximum atomic E-state index is 13.1. The van der Waals surface area contributed by atoms with Crippen LogP contribution in [-0.4, -0.2) is 15.0 Å². The molecule has 3 aromatic rings. The number of fused-ring (bicyclic) bond motifs is 1. The van der Waals surface area contributed by atoms with Gasteiger partial charge in [-0.05, 0) is 41.3 Å². The first-order chi connectivity index (χ1) is 12.6. The normalized spacial score (nSPS) is 13.4. The fourth-order valence-electron chi connectivity index (χ4n) is 3.29. The van der Waals surface area contributed by atoms with Crippen LogP contribution in [0.3, 0.4) is 0 Å². The molecule has 1 aliphatic rings. The number of sulfonamides is 1. The highest BCUT2D eigenvalue weighted by Gasteiger charge is 2.24. The third-order valence-electron chi connectivity index (χ3n) is 4.64. The average Bonchev–Trinajstić information content (AvgIpc) is 3.15. The monoisotopic (exact) mass is 364 g/mol. The van der Waals surface area contributed by atoms with Crippen molar-refractivity contribution in [3.05, 3.63) is 95.6 Å². The molecule has 0 spiro atoms. The van der Waals surface area contributed by atoms with Crippen LogP contribution in [0.5, 0.6) is 0 Å². The molecule has 3 aromatic carbocycles. The molecule has 5 heteroatoms. The molecule has 0 fully saturated rings. The number of anilines is 1. The maximum absolute atomic E-state index is 13.1. The summed E-state index contributed by atoms with van der Waals surface area (Å²) < 4.78 is 29.0. The van der Waals surface area contributed by atoms with Gasteiger partial charge in [0.2, 0.25) is 10.0 Å². The Kier molecular flexibility index (Phi) is 4.49. The maximum Gasteiger partial charge on any atom is 0.241 e. The molecular formula is C21H20N2O2S. The minimum absolute atomic E-state index is 0.303. The van der Waals surface area contributed by atoms with E-state index in [9.17, 15) is 8.42 Å². The molecule has 0 bridgehead atoms. The van der Waals surface area contributed by atoms with Gasteiger partial charge >= 0.3 is 0 Å². The molecule has 2 N–H and O–H groups in total. The van der Waals surface area contributed by atoms with Crippen molar-refractivity contribution >= 4 is 15.7 Å². The van der Waals surface area contributed by atoms with E-state index < -0.39 is 16.1 Å². The highest BCUT2D eigenvalue weighted by atomic mass is 32.2. The molecule has 0 atom stereocenters. The molecule has 0 saturated heterocycles. The minimum atomic E-state index is -3.66. The first-order valence-electron chi connectivity index (χ1n) is 8.62. The summed E-state index contributed by atoms with van der Waals surface area (Å²) in [5.74, 6) is 0. The van der Waals surface area contributed by atoms with Gasteiger partial charge in [0.05, 0.1) is 10.9 Å². The Morgan fingerprint density at radius 3 is 2.08 bits per heavy atom. The fourth-order valence-corrected chi connectivity index (χ4v) is 4.55.